The van der Waals surface area contributed by atoms with E-state index >= 15 is 0 Å². The maximum atomic E-state index is 12.2. The number of nitrogens with one attached hydrogen (secondary N) is 1. The van der Waals surface area contributed by atoms with Crippen LogP contribution < -0.4 is 11.1 Å². The Kier molecular flexibility index (Phi) is 5.19. The van der Waals surface area contributed by atoms with E-state index in [1.807, 2.05) is 0 Å². The molecule has 2 rings (SSSR count). The number of nitrogens with two attached hydrogens (primary N) is 1. The van der Waals surface area contributed by atoms with Crippen molar-refractivity contribution < 1.29 is 9.53 Å². The van der Waals surface area contributed by atoms with Crippen molar-refractivity contribution in [2.75, 3.05) is 33.3 Å². The Morgan fingerprint density at radius 3 is 3.00 bits per heavy atom. The van der Waals surface area contributed by atoms with Gasteiger partial charge in [0.25, 0.3) is 0 Å². The molecule has 1 aliphatic carbocycles. The first-order valence-electron chi connectivity index (χ1n) is 7.39. The van der Waals surface area contributed by atoms with E-state index in [2.05, 4.69) is 24.2 Å². The molecule has 4 unspecified atom stereocenters. The SMILES string of the molecule is CC1CCC(N)CC1C(=O)NCC1CN(C)CCO1. The average Bonchev–Trinajstić information content (AvgIpc) is 2.39. The number of nitrogens with zero attached hydrogens (tertiary/aromatic N) is 1. The summed E-state index contributed by atoms with van der Waals surface area (Å²) in [4.78, 5) is 14.5. The van der Waals surface area contributed by atoms with Crippen LogP contribution in [0.4, 0.5) is 0 Å². The third kappa shape index (κ3) is 4.16. The lowest BCUT2D eigenvalue weighted by Crippen LogP contribution is -2.48. The van der Waals surface area contributed by atoms with E-state index in [4.69, 9.17) is 10.5 Å². The highest BCUT2D eigenvalue weighted by molar-refractivity contribution is 5.79. The number of hydrogen-bond donors (Lipinski definition) is 2. The lowest BCUT2D eigenvalue weighted by Gasteiger charge is -2.33. The lowest BCUT2D eigenvalue weighted by molar-refractivity contribution is -0.128. The third-order valence-corrected chi connectivity index (χ3v) is 4.42. The van der Waals surface area contributed by atoms with Crippen LogP contribution in [-0.4, -0.2) is 56.2 Å². The molecular formula is C14H27N3O2. The minimum absolute atomic E-state index is 0.0741. The topological polar surface area (TPSA) is 67.6 Å². The number of hydrogen-bond acceptors (Lipinski definition) is 4. The summed E-state index contributed by atoms with van der Waals surface area (Å²) in [6.07, 6.45) is 3.04. The maximum Gasteiger partial charge on any atom is 0.223 e. The molecule has 2 fully saturated rings. The van der Waals surface area contributed by atoms with Crippen molar-refractivity contribution in [2.45, 2.75) is 38.3 Å². The second-order valence-corrected chi connectivity index (χ2v) is 6.16. The van der Waals surface area contributed by atoms with E-state index in [0.29, 0.717) is 12.5 Å². The fourth-order valence-corrected chi connectivity index (χ4v) is 3.06. The Hall–Kier alpha value is -0.650. The highest BCUT2D eigenvalue weighted by Crippen LogP contribution is 2.29. The van der Waals surface area contributed by atoms with Crippen molar-refractivity contribution >= 4 is 5.91 Å². The summed E-state index contributed by atoms with van der Waals surface area (Å²) in [7, 11) is 2.08. The molecule has 2 aliphatic rings. The van der Waals surface area contributed by atoms with Crippen LogP contribution in [0, 0.1) is 11.8 Å². The zero-order chi connectivity index (χ0) is 13.8. The summed E-state index contributed by atoms with van der Waals surface area (Å²) < 4.78 is 5.65. The van der Waals surface area contributed by atoms with Gasteiger partial charge in [-0.25, -0.2) is 0 Å². The standard InChI is InChI=1S/C14H27N3O2/c1-10-3-4-11(15)7-13(10)14(18)16-8-12-9-17(2)5-6-19-12/h10-13H,3-9,15H2,1-2H3,(H,16,18). The van der Waals surface area contributed by atoms with Crippen LogP contribution in [0.3, 0.4) is 0 Å². The van der Waals surface area contributed by atoms with Crippen molar-refractivity contribution in [3.05, 3.63) is 0 Å². The van der Waals surface area contributed by atoms with Crippen LogP contribution in [0.2, 0.25) is 0 Å². The van der Waals surface area contributed by atoms with Gasteiger partial charge in [0.15, 0.2) is 0 Å². The first-order valence-corrected chi connectivity index (χ1v) is 7.39. The Labute approximate surface area is 115 Å². The average molecular weight is 269 g/mol. The highest BCUT2D eigenvalue weighted by Gasteiger charge is 2.31. The minimum Gasteiger partial charge on any atom is -0.374 e. The highest BCUT2D eigenvalue weighted by atomic mass is 16.5. The van der Waals surface area contributed by atoms with Gasteiger partial charge in [0, 0.05) is 31.6 Å². The minimum atomic E-state index is 0.0741. The Balaban J connectivity index is 1.77. The Bertz CT molecular complexity index is 311. The predicted molar refractivity (Wildman–Crippen MR) is 74.7 cm³/mol. The Morgan fingerprint density at radius 2 is 2.26 bits per heavy atom. The molecule has 19 heavy (non-hydrogen) atoms. The number of amides is 1. The summed E-state index contributed by atoms with van der Waals surface area (Å²) in [5, 5.41) is 3.05. The van der Waals surface area contributed by atoms with E-state index < -0.39 is 0 Å². The molecule has 1 heterocycles. The van der Waals surface area contributed by atoms with E-state index in [1.165, 1.54) is 0 Å². The molecule has 1 saturated carbocycles. The van der Waals surface area contributed by atoms with Crippen LogP contribution in [0.15, 0.2) is 0 Å². The van der Waals surface area contributed by atoms with Crippen LogP contribution in [0.5, 0.6) is 0 Å². The second-order valence-electron chi connectivity index (χ2n) is 6.16. The molecule has 0 aromatic rings. The fourth-order valence-electron chi connectivity index (χ4n) is 3.06. The molecule has 4 atom stereocenters. The molecule has 0 bridgehead atoms. The van der Waals surface area contributed by atoms with Gasteiger partial charge >= 0.3 is 0 Å². The number of carbonyl (C=O) groups excluding carboxylic acids is 1. The van der Waals surface area contributed by atoms with Crippen molar-refractivity contribution in [2.24, 2.45) is 17.6 Å². The second kappa shape index (κ2) is 6.68. The van der Waals surface area contributed by atoms with Crippen molar-refractivity contribution in [3.63, 3.8) is 0 Å². The largest absolute Gasteiger partial charge is 0.374 e. The summed E-state index contributed by atoms with van der Waals surface area (Å²) in [6.45, 7) is 5.38. The van der Waals surface area contributed by atoms with Crippen LogP contribution in [-0.2, 0) is 9.53 Å². The number of rotatable bonds is 3. The lowest BCUT2D eigenvalue weighted by atomic mass is 9.77. The van der Waals surface area contributed by atoms with E-state index in [9.17, 15) is 4.79 Å². The molecule has 0 aromatic carbocycles. The molecule has 5 nitrogen and oxygen atoms in total. The predicted octanol–water partition coefficient (Wildman–Crippen LogP) is 0.197. The van der Waals surface area contributed by atoms with Crippen molar-refractivity contribution in [3.8, 4) is 0 Å². The van der Waals surface area contributed by atoms with Gasteiger partial charge in [-0.05, 0) is 32.2 Å². The zero-order valence-corrected chi connectivity index (χ0v) is 12.1. The van der Waals surface area contributed by atoms with Gasteiger partial charge < -0.3 is 20.7 Å². The molecule has 0 radical (unpaired) electrons. The van der Waals surface area contributed by atoms with E-state index in [1.54, 1.807) is 0 Å². The zero-order valence-electron chi connectivity index (χ0n) is 12.1. The molecular weight excluding hydrogens is 242 g/mol. The van der Waals surface area contributed by atoms with Crippen LogP contribution in [0.25, 0.3) is 0 Å². The molecule has 1 aliphatic heterocycles. The molecule has 3 N–H and O–H groups in total. The summed E-state index contributed by atoms with van der Waals surface area (Å²) >= 11 is 0. The van der Waals surface area contributed by atoms with Crippen molar-refractivity contribution in [1.29, 1.82) is 0 Å². The number of morpholine rings is 1. The number of carbonyl (C=O) groups is 1. The molecule has 0 aromatic heterocycles. The van der Waals surface area contributed by atoms with E-state index in [-0.39, 0.29) is 24.0 Å². The molecule has 0 spiro atoms. The molecule has 110 valence electrons. The fraction of sp³-hybridized carbons (Fsp3) is 0.929. The first kappa shape index (κ1) is 14.8. The van der Waals surface area contributed by atoms with Gasteiger partial charge in [-0.3, -0.25) is 4.79 Å². The number of ether oxygens (including phenoxy) is 1. The summed E-state index contributed by atoms with van der Waals surface area (Å²) in [6, 6.07) is 0.184. The van der Waals surface area contributed by atoms with Gasteiger partial charge in [0.05, 0.1) is 12.7 Å². The first-order chi connectivity index (χ1) is 9.06. The monoisotopic (exact) mass is 269 g/mol. The Morgan fingerprint density at radius 1 is 1.47 bits per heavy atom. The van der Waals surface area contributed by atoms with E-state index in [0.717, 1.165) is 39.0 Å². The molecule has 1 amide bonds. The quantitative estimate of drug-likeness (QED) is 0.768. The number of likely N-dealkylation sites (N-methyl/N-ethyl adjacent to an activating group) is 1. The normalized spacial score (nSPS) is 37.0. The maximum absolute atomic E-state index is 12.2. The summed E-state index contributed by atoms with van der Waals surface area (Å²) in [5.74, 6) is 0.666. The van der Waals surface area contributed by atoms with Crippen LogP contribution in [0.1, 0.15) is 26.2 Å². The molecule has 1 saturated heterocycles. The van der Waals surface area contributed by atoms with Gasteiger partial charge in [-0.15, -0.1) is 0 Å². The van der Waals surface area contributed by atoms with Gasteiger partial charge in [0.2, 0.25) is 5.91 Å². The van der Waals surface area contributed by atoms with Gasteiger partial charge in [-0.2, -0.15) is 0 Å². The van der Waals surface area contributed by atoms with Crippen molar-refractivity contribution in [1.82, 2.24) is 10.2 Å². The van der Waals surface area contributed by atoms with Gasteiger partial charge in [-0.1, -0.05) is 6.92 Å². The third-order valence-electron chi connectivity index (χ3n) is 4.42. The van der Waals surface area contributed by atoms with Crippen LogP contribution >= 0.6 is 0 Å². The van der Waals surface area contributed by atoms with Gasteiger partial charge in [0.1, 0.15) is 0 Å². The smallest absolute Gasteiger partial charge is 0.223 e. The molecule has 5 heteroatoms. The summed E-state index contributed by atoms with van der Waals surface area (Å²) in [5.41, 5.74) is 5.97.